The molecule has 3 aromatic rings. The zero-order chi connectivity index (χ0) is 19.9. The van der Waals surface area contributed by atoms with Crippen LogP contribution in [0.25, 0.3) is 0 Å². The minimum absolute atomic E-state index is 0.0986. The Morgan fingerprint density at radius 2 is 1.86 bits per heavy atom. The lowest BCUT2D eigenvalue weighted by Gasteiger charge is -2.37. The lowest BCUT2D eigenvalue weighted by molar-refractivity contribution is -0.137. The van der Waals surface area contributed by atoms with Gasteiger partial charge in [-0.15, -0.1) is 5.10 Å². The molecule has 1 saturated heterocycles. The molecule has 0 N–H and O–H groups in total. The van der Waals surface area contributed by atoms with Gasteiger partial charge in [0.1, 0.15) is 12.2 Å². The molecule has 0 radical (unpaired) electrons. The molecule has 0 spiro atoms. The van der Waals surface area contributed by atoms with Crippen molar-refractivity contribution in [2.24, 2.45) is 0 Å². The van der Waals surface area contributed by atoms with Crippen LogP contribution in [0.5, 0.6) is 0 Å². The fourth-order valence-electron chi connectivity index (χ4n) is 2.80. The highest BCUT2D eigenvalue weighted by atomic mass is 32.2. The molecule has 1 aliphatic rings. The van der Waals surface area contributed by atoms with E-state index in [0.29, 0.717) is 18.3 Å². The molecule has 0 amide bonds. The first kappa shape index (κ1) is 18.6. The number of alkyl halides is 3. The molecule has 9 nitrogen and oxygen atoms in total. The molecular weight excluding hydrogens is 399 g/mol. The Labute approximate surface area is 157 Å². The van der Waals surface area contributed by atoms with Gasteiger partial charge in [0.05, 0.1) is 35.1 Å². The average molecular weight is 413 g/mol. The minimum Gasteiger partial charge on any atom is -0.246 e. The summed E-state index contributed by atoms with van der Waals surface area (Å²) in [7, 11) is -4.01. The summed E-state index contributed by atoms with van der Waals surface area (Å²) in [5.74, 6) is 0. The van der Waals surface area contributed by atoms with E-state index in [9.17, 15) is 21.6 Å². The van der Waals surface area contributed by atoms with Gasteiger partial charge < -0.3 is 0 Å². The first-order valence-electron chi connectivity index (χ1n) is 8.16. The number of benzene rings is 1. The van der Waals surface area contributed by atoms with Gasteiger partial charge in [-0.3, -0.25) is 0 Å². The Balaban J connectivity index is 1.44. The van der Waals surface area contributed by atoms with E-state index in [1.54, 1.807) is 6.20 Å². The Morgan fingerprint density at radius 3 is 2.54 bits per heavy atom. The van der Waals surface area contributed by atoms with Crippen LogP contribution in [-0.4, -0.2) is 55.8 Å². The van der Waals surface area contributed by atoms with E-state index >= 15 is 0 Å². The van der Waals surface area contributed by atoms with E-state index in [1.807, 2.05) is 0 Å². The topological polar surface area (TPSA) is 98.8 Å². The third kappa shape index (κ3) is 3.49. The van der Waals surface area contributed by atoms with E-state index in [1.165, 1.54) is 21.9 Å². The van der Waals surface area contributed by atoms with Crippen molar-refractivity contribution in [2.45, 2.75) is 23.7 Å². The molecule has 0 bridgehead atoms. The van der Waals surface area contributed by atoms with Crippen molar-refractivity contribution >= 4 is 10.0 Å². The van der Waals surface area contributed by atoms with Crippen LogP contribution in [0.2, 0.25) is 0 Å². The number of hydrogen-bond acceptors (Lipinski definition) is 6. The Hall–Kier alpha value is -2.80. The monoisotopic (exact) mass is 413 g/mol. The maximum Gasteiger partial charge on any atom is 0.416 e. The SMILES string of the molecule is O=S(=O)(c1cccc(C(F)(F)F)c1)N1CC(n2cc(Cn3nccn3)nn2)C1. The van der Waals surface area contributed by atoms with E-state index in [4.69, 9.17) is 0 Å². The third-order valence-electron chi connectivity index (χ3n) is 4.33. The molecule has 0 saturated carbocycles. The predicted octanol–water partition coefficient (Wildman–Crippen LogP) is 1.18. The van der Waals surface area contributed by atoms with E-state index in [2.05, 4.69) is 20.5 Å². The number of nitrogens with zero attached hydrogens (tertiary/aromatic N) is 7. The zero-order valence-electron chi connectivity index (χ0n) is 14.2. The van der Waals surface area contributed by atoms with Crippen molar-refractivity contribution in [1.82, 2.24) is 34.3 Å². The van der Waals surface area contributed by atoms with Gasteiger partial charge in [0.2, 0.25) is 10.0 Å². The molecule has 2 aromatic heterocycles. The van der Waals surface area contributed by atoms with E-state index < -0.39 is 21.8 Å². The summed E-state index contributed by atoms with van der Waals surface area (Å²) in [4.78, 5) is 1.05. The van der Waals surface area contributed by atoms with Crippen molar-refractivity contribution in [1.29, 1.82) is 0 Å². The molecule has 148 valence electrons. The normalized spacial score (nSPS) is 16.2. The lowest BCUT2D eigenvalue weighted by atomic mass is 10.2. The lowest BCUT2D eigenvalue weighted by Crippen LogP contribution is -2.50. The molecule has 1 fully saturated rings. The molecule has 3 heterocycles. The largest absolute Gasteiger partial charge is 0.416 e. The van der Waals surface area contributed by atoms with Crippen LogP contribution in [0.1, 0.15) is 17.3 Å². The number of rotatable bonds is 5. The van der Waals surface area contributed by atoms with Gasteiger partial charge in [-0.2, -0.15) is 32.5 Å². The zero-order valence-corrected chi connectivity index (χ0v) is 15.0. The highest BCUT2D eigenvalue weighted by Gasteiger charge is 2.39. The van der Waals surface area contributed by atoms with Crippen LogP contribution in [0.3, 0.4) is 0 Å². The first-order chi connectivity index (χ1) is 13.2. The second-order valence-electron chi connectivity index (χ2n) is 6.25. The van der Waals surface area contributed by atoms with Crippen LogP contribution in [0.15, 0.2) is 47.8 Å². The van der Waals surface area contributed by atoms with Crippen LogP contribution in [0, 0.1) is 0 Å². The van der Waals surface area contributed by atoms with Gasteiger partial charge >= 0.3 is 6.18 Å². The molecule has 0 aliphatic carbocycles. The van der Waals surface area contributed by atoms with Gasteiger partial charge in [0, 0.05) is 13.1 Å². The highest BCUT2D eigenvalue weighted by molar-refractivity contribution is 7.89. The second kappa shape index (κ2) is 6.67. The molecule has 4 rings (SSSR count). The molecular formula is C15H14F3N7O2S. The Morgan fingerprint density at radius 1 is 1.14 bits per heavy atom. The second-order valence-corrected chi connectivity index (χ2v) is 8.19. The molecule has 0 atom stereocenters. The molecule has 28 heavy (non-hydrogen) atoms. The van der Waals surface area contributed by atoms with Gasteiger partial charge in [-0.05, 0) is 18.2 Å². The summed E-state index contributed by atoms with van der Waals surface area (Å²) in [6.07, 6.45) is 0.131. The van der Waals surface area contributed by atoms with Crippen molar-refractivity contribution in [3.8, 4) is 0 Å². The van der Waals surface area contributed by atoms with E-state index in [-0.39, 0.29) is 24.0 Å². The molecule has 1 aliphatic heterocycles. The van der Waals surface area contributed by atoms with Gasteiger partial charge in [-0.25, -0.2) is 13.1 Å². The van der Waals surface area contributed by atoms with Gasteiger partial charge in [0.15, 0.2) is 0 Å². The Kier molecular flexibility index (Phi) is 4.42. The predicted molar refractivity (Wildman–Crippen MR) is 88.4 cm³/mol. The fourth-order valence-corrected chi connectivity index (χ4v) is 4.36. The quantitative estimate of drug-likeness (QED) is 0.623. The van der Waals surface area contributed by atoms with Crippen LogP contribution in [0.4, 0.5) is 13.2 Å². The number of hydrogen-bond donors (Lipinski definition) is 0. The van der Waals surface area contributed by atoms with E-state index in [0.717, 1.165) is 22.5 Å². The summed E-state index contributed by atoms with van der Waals surface area (Å²) in [6, 6.07) is 3.48. The minimum atomic E-state index is -4.61. The smallest absolute Gasteiger partial charge is 0.246 e. The summed E-state index contributed by atoms with van der Waals surface area (Å²) in [6.45, 7) is 0.523. The highest BCUT2D eigenvalue weighted by Crippen LogP contribution is 2.33. The molecule has 1 aromatic carbocycles. The summed E-state index contributed by atoms with van der Waals surface area (Å²) in [5.41, 5.74) is -0.394. The van der Waals surface area contributed by atoms with Crippen molar-refractivity contribution in [3.63, 3.8) is 0 Å². The molecule has 13 heteroatoms. The maximum atomic E-state index is 12.8. The number of sulfonamides is 1. The number of halogens is 3. The number of aromatic nitrogens is 6. The summed E-state index contributed by atoms with van der Waals surface area (Å²) in [5, 5.41) is 15.9. The molecule has 0 unspecified atom stereocenters. The first-order valence-corrected chi connectivity index (χ1v) is 9.60. The van der Waals surface area contributed by atoms with Crippen LogP contribution < -0.4 is 0 Å². The van der Waals surface area contributed by atoms with Crippen molar-refractivity contribution in [3.05, 3.63) is 54.1 Å². The van der Waals surface area contributed by atoms with Crippen molar-refractivity contribution < 1.29 is 21.6 Å². The average Bonchev–Trinajstić information content (AvgIpc) is 3.25. The van der Waals surface area contributed by atoms with Crippen LogP contribution >= 0.6 is 0 Å². The van der Waals surface area contributed by atoms with Gasteiger partial charge in [0.25, 0.3) is 0 Å². The van der Waals surface area contributed by atoms with Crippen molar-refractivity contribution in [2.75, 3.05) is 13.1 Å². The summed E-state index contributed by atoms with van der Waals surface area (Å²) >= 11 is 0. The van der Waals surface area contributed by atoms with Gasteiger partial charge in [-0.1, -0.05) is 11.3 Å². The van der Waals surface area contributed by atoms with Crippen LogP contribution in [-0.2, 0) is 22.7 Å². The standard InChI is InChI=1S/C15H14F3N7O2S/c16-15(17,18)11-2-1-3-14(6-11)28(26,27)23-9-13(10-23)24-7-12(21-22-24)8-25-19-4-5-20-25/h1-7,13H,8-10H2. The fraction of sp³-hybridized carbons (Fsp3) is 0.333. The summed E-state index contributed by atoms with van der Waals surface area (Å²) < 4.78 is 66.3. The Bertz CT molecular complexity index is 1070. The third-order valence-corrected chi connectivity index (χ3v) is 6.16. The maximum absolute atomic E-state index is 12.8.